The molecule has 0 atom stereocenters. The fourth-order valence-corrected chi connectivity index (χ4v) is 2.54. The summed E-state index contributed by atoms with van der Waals surface area (Å²) in [5.74, 6) is -0.879. The summed E-state index contributed by atoms with van der Waals surface area (Å²) < 4.78 is 5.60. The van der Waals surface area contributed by atoms with Gasteiger partial charge in [-0.3, -0.25) is 14.4 Å². The minimum absolute atomic E-state index is 0.0368. The van der Waals surface area contributed by atoms with Crippen molar-refractivity contribution in [2.24, 2.45) is 0 Å². The SMILES string of the molecule is CCCCCCCC(=O)NCC1=C(Oc2ccccn2)C=CC(=O)C1=O. The van der Waals surface area contributed by atoms with E-state index in [9.17, 15) is 14.4 Å². The number of amides is 1. The predicted molar refractivity (Wildman–Crippen MR) is 97.4 cm³/mol. The van der Waals surface area contributed by atoms with Crippen molar-refractivity contribution in [1.82, 2.24) is 10.3 Å². The lowest BCUT2D eigenvalue weighted by atomic mass is 10.0. The number of ether oxygens (including phenoxy) is 1. The van der Waals surface area contributed by atoms with Crippen LogP contribution in [0.3, 0.4) is 0 Å². The van der Waals surface area contributed by atoms with Crippen LogP contribution in [0.2, 0.25) is 0 Å². The molecule has 1 aromatic heterocycles. The van der Waals surface area contributed by atoms with E-state index in [2.05, 4.69) is 17.2 Å². The van der Waals surface area contributed by atoms with Gasteiger partial charge in [-0.05, 0) is 24.6 Å². The van der Waals surface area contributed by atoms with Crippen LogP contribution in [-0.4, -0.2) is 29.0 Å². The quantitative estimate of drug-likeness (QED) is 0.396. The third-order valence-electron chi connectivity index (χ3n) is 4.00. The summed E-state index contributed by atoms with van der Waals surface area (Å²) in [7, 11) is 0. The van der Waals surface area contributed by atoms with E-state index in [1.807, 2.05) is 0 Å². The highest BCUT2D eigenvalue weighted by Gasteiger charge is 2.25. The second-order valence-electron chi connectivity index (χ2n) is 6.08. The van der Waals surface area contributed by atoms with Gasteiger partial charge in [0.15, 0.2) is 0 Å². The highest BCUT2D eigenvalue weighted by Crippen LogP contribution is 2.18. The zero-order valence-electron chi connectivity index (χ0n) is 15.0. The number of carbonyl (C=O) groups excluding carboxylic acids is 3. The maximum atomic E-state index is 12.2. The van der Waals surface area contributed by atoms with Crippen LogP contribution in [0, 0.1) is 0 Å². The van der Waals surface area contributed by atoms with Gasteiger partial charge in [-0.2, -0.15) is 0 Å². The molecule has 26 heavy (non-hydrogen) atoms. The number of ketones is 2. The van der Waals surface area contributed by atoms with Crippen molar-refractivity contribution in [3.05, 3.63) is 47.9 Å². The fourth-order valence-electron chi connectivity index (χ4n) is 2.54. The molecule has 0 radical (unpaired) electrons. The van der Waals surface area contributed by atoms with E-state index in [0.29, 0.717) is 12.3 Å². The molecule has 0 spiro atoms. The Kier molecular flexibility index (Phi) is 7.74. The molecule has 6 heteroatoms. The van der Waals surface area contributed by atoms with Crippen molar-refractivity contribution in [2.75, 3.05) is 6.54 Å². The van der Waals surface area contributed by atoms with Crippen molar-refractivity contribution in [3.63, 3.8) is 0 Å². The number of hydrogen-bond donors (Lipinski definition) is 1. The van der Waals surface area contributed by atoms with Crippen LogP contribution in [-0.2, 0) is 14.4 Å². The lowest BCUT2D eigenvalue weighted by Crippen LogP contribution is -2.32. The van der Waals surface area contributed by atoms with Crippen molar-refractivity contribution in [2.45, 2.75) is 45.4 Å². The van der Waals surface area contributed by atoms with E-state index in [1.54, 1.807) is 24.4 Å². The number of unbranched alkanes of at least 4 members (excludes halogenated alkanes) is 4. The molecule has 0 unspecified atom stereocenters. The van der Waals surface area contributed by atoms with E-state index in [4.69, 9.17) is 4.74 Å². The Bertz CT molecular complexity index is 708. The average Bonchev–Trinajstić information content (AvgIpc) is 2.65. The molecule has 1 N–H and O–H groups in total. The van der Waals surface area contributed by atoms with Gasteiger partial charge < -0.3 is 10.1 Å². The molecule has 1 aliphatic carbocycles. The smallest absolute Gasteiger partial charge is 0.234 e. The van der Waals surface area contributed by atoms with Crippen LogP contribution < -0.4 is 10.1 Å². The third kappa shape index (κ3) is 5.95. The number of carbonyl (C=O) groups is 3. The van der Waals surface area contributed by atoms with Crippen LogP contribution in [0.25, 0.3) is 0 Å². The molecule has 1 aromatic rings. The van der Waals surface area contributed by atoms with Gasteiger partial charge in [0.05, 0.1) is 12.1 Å². The molecule has 1 aliphatic rings. The second-order valence-corrected chi connectivity index (χ2v) is 6.08. The Morgan fingerprint density at radius 2 is 1.92 bits per heavy atom. The van der Waals surface area contributed by atoms with Gasteiger partial charge in [-0.25, -0.2) is 4.98 Å². The first kappa shape index (κ1) is 19.6. The van der Waals surface area contributed by atoms with Crippen LogP contribution in [0.4, 0.5) is 0 Å². The molecule has 0 aromatic carbocycles. The first-order valence-corrected chi connectivity index (χ1v) is 8.97. The fraction of sp³-hybridized carbons (Fsp3) is 0.400. The van der Waals surface area contributed by atoms with Gasteiger partial charge in [0.2, 0.25) is 23.4 Å². The summed E-state index contributed by atoms with van der Waals surface area (Å²) in [4.78, 5) is 39.8. The normalized spacial score (nSPS) is 13.9. The molecule has 0 aliphatic heterocycles. The van der Waals surface area contributed by atoms with Crippen LogP contribution in [0.1, 0.15) is 45.4 Å². The topological polar surface area (TPSA) is 85.4 Å². The molecule has 6 nitrogen and oxygen atoms in total. The summed E-state index contributed by atoms with van der Waals surface area (Å²) in [6.45, 7) is 2.10. The first-order valence-electron chi connectivity index (χ1n) is 8.97. The molecule has 2 rings (SSSR count). The zero-order chi connectivity index (χ0) is 18.8. The van der Waals surface area contributed by atoms with Crippen molar-refractivity contribution < 1.29 is 19.1 Å². The predicted octanol–water partition coefficient (Wildman–Crippen LogP) is 2.90. The Morgan fingerprint density at radius 1 is 1.12 bits per heavy atom. The van der Waals surface area contributed by atoms with E-state index in [1.165, 1.54) is 18.6 Å². The van der Waals surface area contributed by atoms with Crippen LogP contribution in [0.15, 0.2) is 47.9 Å². The van der Waals surface area contributed by atoms with Crippen molar-refractivity contribution >= 4 is 17.5 Å². The van der Waals surface area contributed by atoms with Crippen LogP contribution >= 0.6 is 0 Å². The molecule has 138 valence electrons. The minimum Gasteiger partial charge on any atom is -0.439 e. The van der Waals surface area contributed by atoms with E-state index < -0.39 is 11.6 Å². The average molecular weight is 356 g/mol. The van der Waals surface area contributed by atoms with Gasteiger partial charge in [0.25, 0.3) is 0 Å². The monoisotopic (exact) mass is 356 g/mol. The molecule has 0 saturated carbocycles. The largest absolute Gasteiger partial charge is 0.439 e. The van der Waals surface area contributed by atoms with E-state index in [0.717, 1.165) is 25.7 Å². The summed E-state index contributed by atoms with van der Waals surface area (Å²) in [5, 5.41) is 2.71. The Labute approximate surface area is 153 Å². The number of hydrogen-bond acceptors (Lipinski definition) is 5. The summed E-state index contributed by atoms with van der Waals surface area (Å²) in [6, 6.07) is 5.14. The third-order valence-corrected chi connectivity index (χ3v) is 4.00. The summed E-state index contributed by atoms with van der Waals surface area (Å²) >= 11 is 0. The Morgan fingerprint density at radius 3 is 2.65 bits per heavy atom. The number of nitrogens with zero attached hydrogens (tertiary/aromatic N) is 1. The molecular weight excluding hydrogens is 332 g/mol. The molecule has 0 bridgehead atoms. The molecular formula is C20H24N2O4. The number of allylic oxidation sites excluding steroid dienone is 2. The second kappa shape index (κ2) is 10.3. The van der Waals surface area contributed by atoms with Crippen molar-refractivity contribution in [1.29, 1.82) is 0 Å². The van der Waals surface area contributed by atoms with Crippen LogP contribution in [0.5, 0.6) is 5.88 Å². The van der Waals surface area contributed by atoms with E-state index in [-0.39, 0.29) is 23.8 Å². The van der Waals surface area contributed by atoms with E-state index >= 15 is 0 Å². The Hall–Kier alpha value is -2.76. The lowest BCUT2D eigenvalue weighted by Gasteiger charge is -2.15. The maximum Gasteiger partial charge on any atom is 0.234 e. The number of aromatic nitrogens is 1. The summed E-state index contributed by atoms with van der Waals surface area (Å²) in [5.41, 5.74) is 0.141. The van der Waals surface area contributed by atoms with Gasteiger partial charge in [0.1, 0.15) is 5.76 Å². The molecule has 1 heterocycles. The Balaban J connectivity index is 1.95. The minimum atomic E-state index is -0.665. The number of pyridine rings is 1. The summed E-state index contributed by atoms with van der Waals surface area (Å²) in [6.07, 6.45) is 9.85. The molecule has 1 amide bonds. The highest BCUT2D eigenvalue weighted by molar-refractivity contribution is 6.48. The van der Waals surface area contributed by atoms with Gasteiger partial charge >= 0.3 is 0 Å². The van der Waals surface area contributed by atoms with Gasteiger partial charge in [-0.15, -0.1) is 0 Å². The van der Waals surface area contributed by atoms with Crippen molar-refractivity contribution in [3.8, 4) is 5.88 Å². The highest BCUT2D eigenvalue weighted by atomic mass is 16.5. The number of nitrogens with one attached hydrogen (secondary N) is 1. The van der Waals surface area contributed by atoms with Gasteiger partial charge in [-0.1, -0.05) is 38.7 Å². The molecule has 0 fully saturated rings. The molecule has 0 saturated heterocycles. The zero-order valence-corrected chi connectivity index (χ0v) is 15.0. The number of rotatable bonds is 10. The van der Waals surface area contributed by atoms with Gasteiger partial charge in [0, 0.05) is 18.7 Å². The standard InChI is InChI=1S/C20H24N2O4/c1-2-3-4-5-6-9-18(24)22-14-15-17(12-11-16(23)20(15)25)26-19-10-7-8-13-21-19/h7-8,10-13H,2-6,9,14H2,1H3,(H,22,24). The maximum absolute atomic E-state index is 12.2. The first-order chi connectivity index (χ1) is 12.6. The number of Topliss-reactive ketones (excluding diaryl/α,β-unsaturated/α-hetero) is 1. The lowest BCUT2D eigenvalue weighted by molar-refractivity contribution is -0.132.